The second-order valence-electron chi connectivity index (χ2n) is 4.93. The SMILES string of the molecule is CCCCCCCCCCC[C@@H](O)[C@@H](O)CO. The molecule has 0 amide bonds. The highest BCUT2D eigenvalue weighted by atomic mass is 16.4. The molecule has 0 saturated carbocycles. The molecule has 0 spiro atoms. The van der Waals surface area contributed by atoms with Gasteiger partial charge in [0.15, 0.2) is 0 Å². The summed E-state index contributed by atoms with van der Waals surface area (Å²) in [4.78, 5) is 0. The van der Waals surface area contributed by atoms with E-state index in [9.17, 15) is 5.11 Å². The molecule has 0 heterocycles. The number of aliphatic hydroxyl groups is 3. The van der Waals surface area contributed by atoms with Crippen molar-refractivity contribution in [1.82, 2.24) is 0 Å². The lowest BCUT2D eigenvalue weighted by atomic mass is 10.0. The minimum Gasteiger partial charge on any atom is -0.394 e. The van der Waals surface area contributed by atoms with Gasteiger partial charge in [-0.05, 0) is 6.42 Å². The lowest BCUT2D eigenvalue weighted by Crippen LogP contribution is -2.28. The van der Waals surface area contributed by atoms with E-state index < -0.39 is 12.2 Å². The van der Waals surface area contributed by atoms with Gasteiger partial charge in [-0.15, -0.1) is 0 Å². The molecule has 3 N–H and O–H groups in total. The van der Waals surface area contributed by atoms with Crippen molar-refractivity contribution in [2.24, 2.45) is 0 Å². The summed E-state index contributed by atoms with van der Waals surface area (Å²) in [6, 6.07) is 0. The molecule has 0 aliphatic carbocycles. The van der Waals surface area contributed by atoms with Crippen molar-refractivity contribution in [2.45, 2.75) is 83.3 Å². The first-order chi connectivity index (χ1) is 8.22. The molecule has 104 valence electrons. The number of hydrogen-bond donors (Lipinski definition) is 3. The van der Waals surface area contributed by atoms with Crippen LogP contribution in [0, 0.1) is 0 Å². The average molecular weight is 246 g/mol. The molecule has 0 aliphatic heterocycles. The van der Waals surface area contributed by atoms with E-state index in [0.29, 0.717) is 6.42 Å². The minimum atomic E-state index is -0.968. The van der Waals surface area contributed by atoms with Crippen molar-refractivity contribution in [3.05, 3.63) is 0 Å². The predicted molar refractivity (Wildman–Crippen MR) is 70.9 cm³/mol. The van der Waals surface area contributed by atoms with Gasteiger partial charge >= 0.3 is 0 Å². The van der Waals surface area contributed by atoms with E-state index in [1.165, 1.54) is 44.9 Å². The summed E-state index contributed by atoms with van der Waals surface area (Å²) in [5.41, 5.74) is 0. The summed E-state index contributed by atoms with van der Waals surface area (Å²) in [6.45, 7) is 1.88. The Morgan fingerprint density at radius 3 is 1.65 bits per heavy atom. The first-order valence-corrected chi connectivity index (χ1v) is 7.19. The van der Waals surface area contributed by atoms with E-state index in [-0.39, 0.29) is 6.61 Å². The van der Waals surface area contributed by atoms with Crippen LogP contribution in [0.3, 0.4) is 0 Å². The first kappa shape index (κ1) is 16.9. The van der Waals surface area contributed by atoms with Crippen LogP contribution >= 0.6 is 0 Å². The third kappa shape index (κ3) is 10.7. The standard InChI is InChI=1S/C14H30O3/c1-2-3-4-5-6-7-8-9-10-11-13(16)14(17)12-15/h13-17H,2-12H2,1H3/t13-,14+/m1/s1. The smallest absolute Gasteiger partial charge is 0.103 e. The Morgan fingerprint density at radius 1 is 0.706 bits per heavy atom. The molecular weight excluding hydrogens is 216 g/mol. The van der Waals surface area contributed by atoms with Crippen LogP contribution < -0.4 is 0 Å². The molecule has 0 saturated heterocycles. The van der Waals surface area contributed by atoms with Gasteiger partial charge in [-0.25, -0.2) is 0 Å². The lowest BCUT2D eigenvalue weighted by Gasteiger charge is -2.14. The van der Waals surface area contributed by atoms with Crippen LogP contribution in [0.25, 0.3) is 0 Å². The zero-order valence-corrected chi connectivity index (χ0v) is 11.3. The topological polar surface area (TPSA) is 60.7 Å². The number of unbranched alkanes of at least 4 members (excludes halogenated alkanes) is 8. The molecule has 2 atom stereocenters. The van der Waals surface area contributed by atoms with Gasteiger partial charge < -0.3 is 15.3 Å². The second-order valence-corrected chi connectivity index (χ2v) is 4.93. The van der Waals surface area contributed by atoms with Crippen LogP contribution in [0.2, 0.25) is 0 Å². The number of hydrogen-bond acceptors (Lipinski definition) is 3. The Balaban J connectivity index is 3.13. The highest BCUT2D eigenvalue weighted by molar-refractivity contribution is 4.65. The largest absolute Gasteiger partial charge is 0.394 e. The van der Waals surface area contributed by atoms with Crippen molar-refractivity contribution in [2.75, 3.05) is 6.61 Å². The molecule has 0 bridgehead atoms. The maximum atomic E-state index is 9.41. The third-order valence-electron chi connectivity index (χ3n) is 3.23. The van der Waals surface area contributed by atoms with E-state index in [0.717, 1.165) is 12.8 Å². The fourth-order valence-electron chi connectivity index (χ4n) is 1.98. The van der Waals surface area contributed by atoms with Crippen molar-refractivity contribution < 1.29 is 15.3 Å². The van der Waals surface area contributed by atoms with Crippen molar-refractivity contribution in [3.8, 4) is 0 Å². The van der Waals surface area contributed by atoms with Gasteiger partial charge in [0.25, 0.3) is 0 Å². The van der Waals surface area contributed by atoms with Crippen LogP contribution in [-0.2, 0) is 0 Å². The molecule has 0 aromatic rings. The minimum absolute atomic E-state index is 0.349. The monoisotopic (exact) mass is 246 g/mol. The third-order valence-corrected chi connectivity index (χ3v) is 3.23. The van der Waals surface area contributed by atoms with Crippen molar-refractivity contribution in [1.29, 1.82) is 0 Å². The molecule has 0 fully saturated rings. The second kappa shape index (κ2) is 12.3. The molecule has 0 radical (unpaired) electrons. The van der Waals surface area contributed by atoms with Gasteiger partial charge in [0, 0.05) is 0 Å². The van der Waals surface area contributed by atoms with Crippen LogP contribution in [0.1, 0.15) is 71.1 Å². The summed E-state index contributed by atoms with van der Waals surface area (Å²) in [5, 5.41) is 27.2. The molecule has 0 aliphatic rings. The number of aliphatic hydroxyl groups excluding tert-OH is 3. The normalized spacial score (nSPS) is 14.8. The summed E-state index contributed by atoms with van der Waals surface area (Å²) >= 11 is 0. The maximum absolute atomic E-state index is 9.41. The Labute approximate surface area is 106 Å². The predicted octanol–water partition coefficient (Wildman–Crippen LogP) is 2.62. The van der Waals surface area contributed by atoms with Crippen LogP contribution in [-0.4, -0.2) is 34.1 Å². The molecule has 0 aromatic carbocycles. The first-order valence-electron chi connectivity index (χ1n) is 7.19. The molecule has 3 heteroatoms. The van der Waals surface area contributed by atoms with Gasteiger partial charge in [0.05, 0.1) is 12.7 Å². The molecule has 17 heavy (non-hydrogen) atoms. The zero-order chi connectivity index (χ0) is 12.9. The summed E-state index contributed by atoms with van der Waals surface area (Å²) < 4.78 is 0. The van der Waals surface area contributed by atoms with Gasteiger partial charge in [0.2, 0.25) is 0 Å². The van der Waals surface area contributed by atoms with Crippen molar-refractivity contribution in [3.63, 3.8) is 0 Å². The molecule has 0 aromatic heterocycles. The lowest BCUT2D eigenvalue weighted by molar-refractivity contribution is -0.0185. The summed E-state index contributed by atoms with van der Waals surface area (Å²) in [7, 11) is 0. The van der Waals surface area contributed by atoms with Crippen molar-refractivity contribution >= 4 is 0 Å². The zero-order valence-electron chi connectivity index (χ0n) is 11.3. The van der Waals surface area contributed by atoms with Crippen LogP contribution in [0.4, 0.5) is 0 Å². The molecule has 0 unspecified atom stereocenters. The Bertz CT molecular complexity index is 150. The van der Waals surface area contributed by atoms with Gasteiger partial charge in [0.1, 0.15) is 6.10 Å². The average Bonchev–Trinajstić information content (AvgIpc) is 2.35. The Morgan fingerprint density at radius 2 is 1.18 bits per heavy atom. The fraction of sp³-hybridized carbons (Fsp3) is 1.00. The van der Waals surface area contributed by atoms with Gasteiger partial charge in [-0.2, -0.15) is 0 Å². The Hall–Kier alpha value is -0.120. The summed E-state index contributed by atoms with van der Waals surface area (Å²) in [6.07, 6.45) is 10.1. The molecule has 3 nitrogen and oxygen atoms in total. The van der Waals surface area contributed by atoms with Crippen LogP contribution in [0.15, 0.2) is 0 Å². The molecular formula is C14H30O3. The fourth-order valence-corrected chi connectivity index (χ4v) is 1.98. The summed E-state index contributed by atoms with van der Waals surface area (Å²) in [5.74, 6) is 0. The maximum Gasteiger partial charge on any atom is 0.103 e. The van der Waals surface area contributed by atoms with E-state index in [1.54, 1.807) is 0 Å². The van der Waals surface area contributed by atoms with E-state index in [1.807, 2.05) is 0 Å². The Kier molecular flexibility index (Phi) is 12.3. The number of rotatable bonds is 12. The quantitative estimate of drug-likeness (QED) is 0.464. The molecule has 0 rings (SSSR count). The van der Waals surface area contributed by atoms with E-state index >= 15 is 0 Å². The van der Waals surface area contributed by atoms with Gasteiger partial charge in [-0.1, -0.05) is 64.7 Å². The highest BCUT2D eigenvalue weighted by Crippen LogP contribution is 2.12. The highest BCUT2D eigenvalue weighted by Gasteiger charge is 2.13. The van der Waals surface area contributed by atoms with E-state index in [2.05, 4.69) is 6.92 Å². The van der Waals surface area contributed by atoms with Gasteiger partial charge in [-0.3, -0.25) is 0 Å². The van der Waals surface area contributed by atoms with Crippen LogP contribution in [0.5, 0.6) is 0 Å². The van der Waals surface area contributed by atoms with E-state index in [4.69, 9.17) is 10.2 Å².